The maximum absolute atomic E-state index is 9.61. The first-order valence-electron chi connectivity index (χ1n) is 5.09. The second-order valence-electron chi connectivity index (χ2n) is 3.35. The number of aliphatic hydroxyl groups excluding tert-OH is 1. The minimum absolute atomic E-state index is 0.207. The second kappa shape index (κ2) is 8.27. The molecule has 0 aromatic rings. The highest BCUT2D eigenvalue weighted by atomic mass is 16.5. The lowest BCUT2D eigenvalue weighted by Crippen LogP contribution is -2.25. The standard InChI is InChI=1S/C11H22O2/c1-4-6-7-8-9-10(12)11(5-2)13-3/h5,10-12H,2,4,6-9H2,1,3H3/t10-,11+/m0/s1. The summed E-state index contributed by atoms with van der Waals surface area (Å²) in [4.78, 5) is 0. The molecule has 2 nitrogen and oxygen atoms in total. The van der Waals surface area contributed by atoms with Gasteiger partial charge in [-0.05, 0) is 6.42 Å². The number of aliphatic hydroxyl groups is 1. The van der Waals surface area contributed by atoms with Crippen LogP contribution in [0.4, 0.5) is 0 Å². The number of hydrogen-bond donors (Lipinski definition) is 1. The summed E-state index contributed by atoms with van der Waals surface area (Å²) >= 11 is 0. The molecule has 0 aromatic carbocycles. The Balaban J connectivity index is 3.47. The molecule has 0 fully saturated rings. The molecule has 0 saturated carbocycles. The van der Waals surface area contributed by atoms with E-state index in [0.29, 0.717) is 0 Å². The van der Waals surface area contributed by atoms with Crippen LogP contribution in [0, 0.1) is 0 Å². The van der Waals surface area contributed by atoms with Gasteiger partial charge in [0.1, 0.15) is 6.10 Å². The highest BCUT2D eigenvalue weighted by molar-refractivity contribution is 4.85. The normalized spacial score (nSPS) is 15.3. The first kappa shape index (κ1) is 12.7. The zero-order valence-corrected chi connectivity index (χ0v) is 8.83. The molecule has 2 atom stereocenters. The quantitative estimate of drug-likeness (QED) is 0.466. The van der Waals surface area contributed by atoms with Gasteiger partial charge in [-0.3, -0.25) is 0 Å². The number of ether oxygens (including phenoxy) is 1. The van der Waals surface area contributed by atoms with Crippen molar-refractivity contribution < 1.29 is 9.84 Å². The van der Waals surface area contributed by atoms with Crippen molar-refractivity contribution in [2.75, 3.05) is 7.11 Å². The average Bonchev–Trinajstić information content (AvgIpc) is 2.14. The van der Waals surface area contributed by atoms with Crippen LogP contribution in [0.1, 0.15) is 39.0 Å². The van der Waals surface area contributed by atoms with Crippen LogP contribution in [0.15, 0.2) is 12.7 Å². The molecule has 0 heterocycles. The molecule has 0 amide bonds. The Bertz CT molecular complexity index is 123. The van der Waals surface area contributed by atoms with E-state index in [9.17, 15) is 5.11 Å². The molecule has 0 bridgehead atoms. The summed E-state index contributed by atoms with van der Waals surface area (Å²) in [5, 5.41) is 9.61. The summed E-state index contributed by atoms with van der Waals surface area (Å²) < 4.78 is 5.05. The molecule has 0 radical (unpaired) electrons. The van der Waals surface area contributed by atoms with Crippen LogP contribution in [0.25, 0.3) is 0 Å². The molecule has 0 rings (SSSR count). The minimum Gasteiger partial charge on any atom is -0.390 e. The highest BCUT2D eigenvalue weighted by Gasteiger charge is 2.13. The lowest BCUT2D eigenvalue weighted by molar-refractivity contribution is 0.0117. The molecule has 0 unspecified atom stereocenters. The first-order chi connectivity index (χ1) is 6.26. The summed E-state index contributed by atoms with van der Waals surface area (Å²) in [6.07, 6.45) is 6.61. The molecule has 0 aliphatic carbocycles. The van der Waals surface area contributed by atoms with Gasteiger partial charge in [-0.1, -0.05) is 38.7 Å². The van der Waals surface area contributed by atoms with E-state index in [2.05, 4.69) is 13.5 Å². The fourth-order valence-corrected chi connectivity index (χ4v) is 1.35. The Morgan fingerprint density at radius 1 is 1.38 bits per heavy atom. The van der Waals surface area contributed by atoms with E-state index in [1.54, 1.807) is 13.2 Å². The molecule has 0 saturated heterocycles. The van der Waals surface area contributed by atoms with Gasteiger partial charge in [-0.25, -0.2) is 0 Å². The molecule has 0 aliphatic heterocycles. The Hall–Kier alpha value is -0.340. The summed E-state index contributed by atoms with van der Waals surface area (Å²) in [6.45, 7) is 5.79. The van der Waals surface area contributed by atoms with Crippen molar-refractivity contribution >= 4 is 0 Å². The Labute approximate surface area is 81.6 Å². The van der Waals surface area contributed by atoms with Crippen molar-refractivity contribution in [3.8, 4) is 0 Å². The van der Waals surface area contributed by atoms with Gasteiger partial charge in [0.25, 0.3) is 0 Å². The summed E-state index contributed by atoms with van der Waals surface area (Å²) in [6, 6.07) is 0. The molecule has 0 aromatic heterocycles. The lowest BCUT2D eigenvalue weighted by Gasteiger charge is -2.17. The van der Waals surface area contributed by atoms with E-state index in [1.807, 2.05) is 0 Å². The van der Waals surface area contributed by atoms with E-state index >= 15 is 0 Å². The van der Waals surface area contributed by atoms with Crippen molar-refractivity contribution in [3.63, 3.8) is 0 Å². The minimum atomic E-state index is -0.389. The molecule has 78 valence electrons. The molecular formula is C11H22O2. The van der Waals surface area contributed by atoms with E-state index in [-0.39, 0.29) is 12.2 Å². The van der Waals surface area contributed by atoms with E-state index in [1.165, 1.54) is 19.3 Å². The molecule has 0 aliphatic rings. The van der Waals surface area contributed by atoms with Crippen LogP contribution >= 0.6 is 0 Å². The van der Waals surface area contributed by atoms with Gasteiger partial charge >= 0.3 is 0 Å². The maximum atomic E-state index is 9.61. The van der Waals surface area contributed by atoms with Gasteiger partial charge in [0, 0.05) is 7.11 Å². The monoisotopic (exact) mass is 186 g/mol. The lowest BCUT2D eigenvalue weighted by atomic mass is 10.1. The topological polar surface area (TPSA) is 29.5 Å². The van der Waals surface area contributed by atoms with Crippen molar-refractivity contribution in [2.45, 2.75) is 51.2 Å². The van der Waals surface area contributed by atoms with Gasteiger partial charge in [0.15, 0.2) is 0 Å². The van der Waals surface area contributed by atoms with Gasteiger partial charge in [0.2, 0.25) is 0 Å². The zero-order valence-electron chi connectivity index (χ0n) is 8.83. The third-order valence-electron chi connectivity index (χ3n) is 2.24. The van der Waals surface area contributed by atoms with Crippen molar-refractivity contribution in [3.05, 3.63) is 12.7 Å². The highest BCUT2D eigenvalue weighted by Crippen LogP contribution is 2.10. The van der Waals surface area contributed by atoms with Crippen molar-refractivity contribution in [1.29, 1.82) is 0 Å². The maximum Gasteiger partial charge on any atom is 0.101 e. The number of unbranched alkanes of at least 4 members (excludes halogenated alkanes) is 3. The Kier molecular flexibility index (Phi) is 8.05. The second-order valence-corrected chi connectivity index (χ2v) is 3.35. The largest absolute Gasteiger partial charge is 0.390 e. The van der Waals surface area contributed by atoms with Crippen molar-refractivity contribution in [2.24, 2.45) is 0 Å². The van der Waals surface area contributed by atoms with Crippen LogP contribution in [-0.4, -0.2) is 24.4 Å². The SMILES string of the molecule is C=C[C@@H](OC)[C@@H](O)CCCCCC. The first-order valence-corrected chi connectivity index (χ1v) is 5.09. The van der Waals surface area contributed by atoms with Crippen LogP contribution in [0.2, 0.25) is 0 Å². The zero-order chi connectivity index (χ0) is 10.1. The Morgan fingerprint density at radius 2 is 2.08 bits per heavy atom. The van der Waals surface area contributed by atoms with Crippen molar-refractivity contribution in [1.82, 2.24) is 0 Å². The third-order valence-corrected chi connectivity index (χ3v) is 2.24. The van der Waals surface area contributed by atoms with Crippen LogP contribution in [-0.2, 0) is 4.74 Å². The summed E-state index contributed by atoms with van der Waals surface area (Å²) in [5.41, 5.74) is 0. The predicted molar refractivity (Wildman–Crippen MR) is 55.8 cm³/mol. The van der Waals surface area contributed by atoms with E-state index in [4.69, 9.17) is 4.74 Å². The number of hydrogen-bond acceptors (Lipinski definition) is 2. The molecule has 2 heteroatoms. The van der Waals surface area contributed by atoms with Gasteiger partial charge in [-0.15, -0.1) is 6.58 Å². The van der Waals surface area contributed by atoms with Crippen LogP contribution in [0.3, 0.4) is 0 Å². The molecule has 13 heavy (non-hydrogen) atoms. The van der Waals surface area contributed by atoms with E-state index in [0.717, 1.165) is 12.8 Å². The van der Waals surface area contributed by atoms with Gasteiger partial charge in [-0.2, -0.15) is 0 Å². The van der Waals surface area contributed by atoms with Crippen LogP contribution < -0.4 is 0 Å². The fourth-order valence-electron chi connectivity index (χ4n) is 1.35. The van der Waals surface area contributed by atoms with E-state index < -0.39 is 0 Å². The van der Waals surface area contributed by atoms with Crippen LogP contribution in [0.5, 0.6) is 0 Å². The molecule has 1 N–H and O–H groups in total. The number of rotatable bonds is 8. The van der Waals surface area contributed by atoms with Gasteiger partial charge in [0.05, 0.1) is 6.10 Å². The fraction of sp³-hybridized carbons (Fsp3) is 0.818. The molecule has 0 spiro atoms. The summed E-state index contributed by atoms with van der Waals surface area (Å²) in [7, 11) is 1.60. The third kappa shape index (κ3) is 5.83. The Morgan fingerprint density at radius 3 is 2.54 bits per heavy atom. The van der Waals surface area contributed by atoms with Gasteiger partial charge < -0.3 is 9.84 Å². The molecular weight excluding hydrogens is 164 g/mol. The summed E-state index contributed by atoms with van der Waals surface area (Å²) in [5.74, 6) is 0. The number of methoxy groups -OCH3 is 1. The smallest absolute Gasteiger partial charge is 0.101 e. The predicted octanol–water partition coefficient (Wildman–Crippen LogP) is 2.52. The average molecular weight is 186 g/mol.